The first-order chi connectivity index (χ1) is 8.94. The van der Waals surface area contributed by atoms with Gasteiger partial charge >= 0.3 is 0 Å². The number of hydrogen-bond donors (Lipinski definition) is 2. The van der Waals surface area contributed by atoms with E-state index in [1.165, 1.54) is 30.3 Å². The molecule has 0 aliphatic heterocycles. The molecule has 0 radical (unpaired) electrons. The van der Waals surface area contributed by atoms with E-state index in [4.69, 9.17) is 11.5 Å². The molecule has 0 unspecified atom stereocenters. The maximum atomic E-state index is 12.4. The molecular formula is C13H12N2O3S. The molecule has 1 amide bonds. The summed E-state index contributed by atoms with van der Waals surface area (Å²) in [7, 11) is -3.76. The molecule has 4 N–H and O–H groups in total. The summed E-state index contributed by atoms with van der Waals surface area (Å²) in [6.45, 7) is 0. The van der Waals surface area contributed by atoms with Gasteiger partial charge in [-0.2, -0.15) is 0 Å². The van der Waals surface area contributed by atoms with Crippen LogP contribution in [0.3, 0.4) is 0 Å². The molecule has 0 aliphatic rings. The molecule has 0 atom stereocenters. The monoisotopic (exact) mass is 276 g/mol. The Kier molecular flexibility index (Phi) is 3.26. The van der Waals surface area contributed by atoms with E-state index in [-0.39, 0.29) is 21.0 Å². The summed E-state index contributed by atoms with van der Waals surface area (Å²) < 4.78 is 24.8. The number of hydrogen-bond acceptors (Lipinski definition) is 4. The molecule has 5 nitrogen and oxygen atoms in total. The first-order valence-corrected chi connectivity index (χ1v) is 6.91. The Balaban J connectivity index is 2.66. The van der Waals surface area contributed by atoms with Crippen molar-refractivity contribution in [2.45, 2.75) is 9.79 Å². The number of para-hydroxylation sites is 1. The van der Waals surface area contributed by atoms with Crippen molar-refractivity contribution in [1.29, 1.82) is 0 Å². The van der Waals surface area contributed by atoms with Crippen LogP contribution in [-0.2, 0) is 9.84 Å². The predicted octanol–water partition coefficient (Wildman–Crippen LogP) is 1.20. The third-order valence-corrected chi connectivity index (χ3v) is 4.50. The Morgan fingerprint density at radius 2 is 1.58 bits per heavy atom. The van der Waals surface area contributed by atoms with E-state index < -0.39 is 15.7 Å². The number of carbonyl (C=O) groups excluding carboxylic acids is 1. The van der Waals surface area contributed by atoms with Crippen molar-refractivity contribution in [2.24, 2.45) is 5.73 Å². The van der Waals surface area contributed by atoms with Crippen LogP contribution in [-0.4, -0.2) is 14.3 Å². The summed E-state index contributed by atoms with van der Waals surface area (Å²) in [6.07, 6.45) is 0. The van der Waals surface area contributed by atoms with Gasteiger partial charge < -0.3 is 11.5 Å². The quantitative estimate of drug-likeness (QED) is 0.822. The van der Waals surface area contributed by atoms with Crippen molar-refractivity contribution in [3.63, 3.8) is 0 Å². The molecule has 0 fully saturated rings. The van der Waals surface area contributed by atoms with Gasteiger partial charge in [-0.1, -0.05) is 24.3 Å². The van der Waals surface area contributed by atoms with Gasteiger partial charge in [0.1, 0.15) is 0 Å². The lowest BCUT2D eigenvalue weighted by Crippen LogP contribution is -2.16. The van der Waals surface area contributed by atoms with E-state index >= 15 is 0 Å². The average molecular weight is 276 g/mol. The zero-order valence-corrected chi connectivity index (χ0v) is 10.7. The van der Waals surface area contributed by atoms with E-state index in [0.717, 1.165) is 0 Å². The van der Waals surface area contributed by atoms with E-state index in [1.807, 2.05) is 0 Å². The Hall–Kier alpha value is -2.34. The highest BCUT2D eigenvalue weighted by atomic mass is 32.2. The summed E-state index contributed by atoms with van der Waals surface area (Å²) >= 11 is 0. The van der Waals surface area contributed by atoms with Gasteiger partial charge in [-0.3, -0.25) is 4.79 Å². The van der Waals surface area contributed by atoms with Gasteiger partial charge in [-0.05, 0) is 24.3 Å². The molecule has 0 saturated carbocycles. The van der Waals surface area contributed by atoms with Crippen molar-refractivity contribution >= 4 is 21.4 Å². The first kappa shape index (κ1) is 13.1. The highest BCUT2D eigenvalue weighted by molar-refractivity contribution is 7.91. The van der Waals surface area contributed by atoms with Crippen LogP contribution in [0.1, 0.15) is 10.4 Å². The number of anilines is 1. The van der Waals surface area contributed by atoms with Crippen LogP contribution in [0.15, 0.2) is 58.3 Å². The summed E-state index contributed by atoms with van der Waals surface area (Å²) in [6, 6.07) is 12.0. The summed E-state index contributed by atoms with van der Waals surface area (Å²) in [5, 5.41) is 0. The van der Waals surface area contributed by atoms with E-state index in [9.17, 15) is 13.2 Å². The Labute approximate surface area is 110 Å². The van der Waals surface area contributed by atoms with Gasteiger partial charge in [0, 0.05) is 0 Å². The molecule has 0 saturated heterocycles. The molecule has 0 heterocycles. The van der Waals surface area contributed by atoms with Crippen molar-refractivity contribution in [2.75, 3.05) is 5.73 Å². The smallest absolute Gasteiger partial charge is 0.250 e. The number of rotatable bonds is 3. The zero-order valence-electron chi connectivity index (χ0n) is 9.91. The van der Waals surface area contributed by atoms with Crippen LogP contribution in [0.5, 0.6) is 0 Å². The molecule has 2 rings (SSSR count). The molecule has 98 valence electrons. The van der Waals surface area contributed by atoms with Crippen molar-refractivity contribution < 1.29 is 13.2 Å². The van der Waals surface area contributed by atoms with Gasteiger partial charge in [0.05, 0.1) is 21.0 Å². The molecule has 2 aromatic carbocycles. The Morgan fingerprint density at radius 3 is 2.16 bits per heavy atom. The number of sulfone groups is 1. The summed E-state index contributed by atoms with van der Waals surface area (Å²) in [5.41, 5.74) is 10.8. The number of benzene rings is 2. The number of nitrogen functional groups attached to an aromatic ring is 1. The molecule has 0 aromatic heterocycles. The topological polar surface area (TPSA) is 103 Å². The minimum atomic E-state index is -3.76. The van der Waals surface area contributed by atoms with E-state index in [1.54, 1.807) is 18.2 Å². The zero-order chi connectivity index (χ0) is 14.0. The van der Waals surface area contributed by atoms with Gasteiger partial charge in [0.25, 0.3) is 5.91 Å². The normalized spacial score (nSPS) is 11.2. The van der Waals surface area contributed by atoms with E-state index in [0.29, 0.717) is 0 Å². The van der Waals surface area contributed by atoms with Crippen LogP contribution >= 0.6 is 0 Å². The molecule has 0 aliphatic carbocycles. The van der Waals surface area contributed by atoms with Gasteiger partial charge in [0.15, 0.2) is 0 Å². The third kappa shape index (κ3) is 2.30. The van der Waals surface area contributed by atoms with Crippen LogP contribution in [0.4, 0.5) is 5.69 Å². The van der Waals surface area contributed by atoms with Gasteiger partial charge in [-0.25, -0.2) is 8.42 Å². The average Bonchev–Trinajstić information content (AvgIpc) is 2.39. The number of carbonyl (C=O) groups is 1. The highest BCUT2D eigenvalue weighted by Crippen LogP contribution is 2.27. The first-order valence-electron chi connectivity index (χ1n) is 5.43. The van der Waals surface area contributed by atoms with Crippen molar-refractivity contribution in [3.05, 3.63) is 54.1 Å². The lowest BCUT2D eigenvalue weighted by atomic mass is 10.2. The second-order valence-corrected chi connectivity index (χ2v) is 5.82. The van der Waals surface area contributed by atoms with Gasteiger partial charge in [-0.15, -0.1) is 0 Å². The fraction of sp³-hybridized carbons (Fsp3) is 0. The minimum Gasteiger partial charge on any atom is -0.397 e. The van der Waals surface area contributed by atoms with E-state index in [2.05, 4.69) is 0 Å². The fourth-order valence-corrected chi connectivity index (χ4v) is 3.15. The standard InChI is InChI=1S/C13H12N2O3S/c14-12-10(13(15)16)7-4-8-11(12)19(17,18)9-5-2-1-3-6-9/h1-8H,14H2,(H2,15,16). The lowest BCUT2D eigenvalue weighted by molar-refractivity contribution is 0.100. The molecule has 6 heteroatoms. The van der Waals surface area contributed by atoms with Crippen LogP contribution in [0.2, 0.25) is 0 Å². The molecular weight excluding hydrogens is 264 g/mol. The second-order valence-electron chi connectivity index (χ2n) is 3.90. The molecule has 0 spiro atoms. The maximum absolute atomic E-state index is 12.4. The molecule has 19 heavy (non-hydrogen) atoms. The fourth-order valence-electron chi connectivity index (χ4n) is 1.72. The Morgan fingerprint density at radius 1 is 0.947 bits per heavy atom. The predicted molar refractivity (Wildman–Crippen MR) is 71.3 cm³/mol. The largest absolute Gasteiger partial charge is 0.397 e. The summed E-state index contributed by atoms with van der Waals surface area (Å²) in [5.74, 6) is -0.761. The number of nitrogens with two attached hydrogens (primary N) is 2. The van der Waals surface area contributed by atoms with Crippen molar-refractivity contribution in [3.8, 4) is 0 Å². The SMILES string of the molecule is NC(=O)c1cccc(S(=O)(=O)c2ccccc2)c1N. The Bertz CT molecular complexity index is 725. The summed E-state index contributed by atoms with van der Waals surface area (Å²) in [4.78, 5) is 11.2. The lowest BCUT2D eigenvalue weighted by Gasteiger charge is -2.09. The maximum Gasteiger partial charge on any atom is 0.250 e. The molecule has 0 bridgehead atoms. The second kappa shape index (κ2) is 4.74. The highest BCUT2D eigenvalue weighted by Gasteiger charge is 2.22. The minimum absolute atomic E-state index is 0.00277. The van der Waals surface area contributed by atoms with Crippen LogP contribution in [0.25, 0.3) is 0 Å². The van der Waals surface area contributed by atoms with Crippen LogP contribution in [0, 0.1) is 0 Å². The van der Waals surface area contributed by atoms with Crippen LogP contribution < -0.4 is 11.5 Å². The van der Waals surface area contributed by atoms with Crippen molar-refractivity contribution in [1.82, 2.24) is 0 Å². The third-order valence-electron chi connectivity index (χ3n) is 2.67. The molecule has 2 aromatic rings. The number of primary amides is 1. The number of amides is 1. The van der Waals surface area contributed by atoms with Gasteiger partial charge in [0.2, 0.25) is 9.84 Å².